The lowest BCUT2D eigenvalue weighted by atomic mass is 10.0. The number of amides is 4. The second-order valence-electron chi connectivity index (χ2n) is 13.2. The van der Waals surface area contributed by atoms with Crippen LogP contribution in [0.4, 0.5) is 0 Å². The molecule has 1 aromatic carbocycles. The summed E-state index contributed by atoms with van der Waals surface area (Å²) >= 11 is 0. The number of hydrogen-bond donors (Lipinski definition) is 4. The van der Waals surface area contributed by atoms with E-state index in [1.165, 1.54) is 6.92 Å². The maximum atomic E-state index is 13.7. The molecule has 0 spiro atoms. The van der Waals surface area contributed by atoms with E-state index >= 15 is 0 Å². The lowest BCUT2D eigenvalue weighted by molar-refractivity contribution is -0.133. The van der Waals surface area contributed by atoms with Crippen LogP contribution in [0, 0.1) is 17.8 Å². The molecule has 1 heterocycles. The zero-order chi connectivity index (χ0) is 33.3. The van der Waals surface area contributed by atoms with Crippen LogP contribution in [0.15, 0.2) is 24.3 Å². The van der Waals surface area contributed by atoms with Gasteiger partial charge in [0.25, 0.3) is 0 Å². The molecule has 1 aliphatic heterocycles. The molecule has 2 aliphatic rings. The Balaban J connectivity index is 1.97. The molecule has 12 nitrogen and oxygen atoms in total. The number of ether oxygens (including phenoxy) is 1. The Hall–Kier alpha value is -3.19. The molecule has 4 N–H and O–H groups in total. The normalized spacial score (nSPS) is 25.2. The van der Waals surface area contributed by atoms with Crippen molar-refractivity contribution < 1.29 is 32.3 Å². The number of nitrogens with zero attached hydrogens (tertiary/aromatic N) is 1. The van der Waals surface area contributed by atoms with Crippen LogP contribution in [0.1, 0.15) is 72.3 Å². The minimum Gasteiger partial charge on any atom is -0.497 e. The number of hydrogen-bond acceptors (Lipinski definition) is 7. The van der Waals surface area contributed by atoms with E-state index in [4.69, 9.17) is 4.74 Å². The summed E-state index contributed by atoms with van der Waals surface area (Å²) < 4.78 is 33.8. The van der Waals surface area contributed by atoms with Crippen molar-refractivity contribution in [3.63, 3.8) is 0 Å². The van der Waals surface area contributed by atoms with Gasteiger partial charge in [-0.15, -0.1) is 0 Å². The first-order chi connectivity index (χ1) is 21.2. The van der Waals surface area contributed by atoms with Gasteiger partial charge in [-0.3, -0.25) is 19.2 Å². The van der Waals surface area contributed by atoms with Gasteiger partial charge in [-0.1, -0.05) is 52.7 Å². The molecule has 0 unspecified atom stereocenters. The summed E-state index contributed by atoms with van der Waals surface area (Å²) in [6.45, 7) is 8.46. The van der Waals surface area contributed by atoms with E-state index in [9.17, 15) is 27.6 Å². The van der Waals surface area contributed by atoms with E-state index in [2.05, 4.69) is 21.3 Å². The van der Waals surface area contributed by atoms with Crippen LogP contribution in [0.5, 0.6) is 5.75 Å². The van der Waals surface area contributed by atoms with Gasteiger partial charge in [0.05, 0.1) is 19.4 Å². The lowest BCUT2D eigenvalue weighted by Gasteiger charge is -2.31. The average molecular weight is 650 g/mol. The van der Waals surface area contributed by atoms with Crippen molar-refractivity contribution in [2.75, 3.05) is 26.0 Å². The molecule has 45 heavy (non-hydrogen) atoms. The highest BCUT2D eigenvalue weighted by Gasteiger charge is 2.35. The Kier molecular flexibility index (Phi) is 13.2. The number of carbonyl (C=O) groups excluding carboxylic acids is 4. The lowest BCUT2D eigenvalue weighted by Crippen LogP contribution is -2.57. The summed E-state index contributed by atoms with van der Waals surface area (Å²) in [6.07, 6.45) is 3.97. The van der Waals surface area contributed by atoms with Gasteiger partial charge < -0.3 is 26.0 Å². The zero-order valence-electron chi connectivity index (χ0n) is 27.4. The summed E-state index contributed by atoms with van der Waals surface area (Å²) in [5, 5.41) is 11.1. The first-order valence-electron chi connectivity index (χ1n) is 16.0. The second-order valence-corrected chi connectivity index (χ2v) is 15.2. The summed E-state index contributed by atoms with van der Waals surface area (Å²) in [5.74, 6) is -1.86. The van der Waals surface area contributed by atoms with Crippen molar-refractivity contribution in [1.29, 1.82) is 0 Å². The zero-order valence-corrected chi connectivity index (χ0v) is 28.2. The van der Waals surface area contributed by atoms with Gasteiger partial charge in [0.1, 0.15) is 23.9 Å². The largest absolute Gasteiger partial charge is 0.497 e. The Labute approximate surface area is 267 Å². The monoisotopic (exact) mass is 649 g/mol. The van der Waals surface area contributed by atoms with Gasteiger partial charge >= 0.3 is 0 Å². The fourth-order valence-electron chi connectivity index (χ4n) is 5.77. The number of carbonyl (C=O) groups is 4. The maximum absolute atomic E-state index is 13.7. The molecule has 1 saturated heterocycles. The van der Waals surface area contributed by atoms with E-state index in [0.717, 1.165) is 35.6 Å². The third kappa shape index (κ3) is 11.0. The first-order valence-corrected chi connectivity index (χ1v) is 17.6. The maximum Gasteiger partial charge on any atom is 0.243 e. The predicted octanol–water partition coefficient (Wildman–Crippen LogP) is 1.73. The molecule has 1 aromatic rings. The molecule has 252 valence electrons. The van der Waals surface area contributed by atoms with Gasteiger partial charge in [-0.2, -0.15) is 4.31 Å². The molecule has 0 bridgehead atoms. The Morgan fingerprint density at radius 3 is 2.07 bits per heavy atom. The summed E-state index contributed by atoms with van der Waals surface area (Å²) in [5.41, 5.74) is 0.749. The smallest absolute Gasteiger partial charge is 0.243 e. The van der Waals surface area contributed by atoms with Crippen molar-refractivity contribution in [1.82, 2.24) is 25.6 Å². The summed E-state index contributed by atoms with van der Waals surface area (Å²) in [6, 6.07) is 3.39. The third-order valence-corrected chi connectivity index (χ3v) is 10.5. The van der Waals surface area contributed by atoms with Crippen molar-refractivity contribution in [3.05, 3.63) is 29.8 Å². The number of rotatable bonds is 9. The molecular formula is C32H51N5O7S. The first kappa shape index (κ1) is 36.3. The number of nitrogens with one attached hydrogen (secondary N) is 4. The van der Waals surface area contributed by atoms with Crippen LogP contribution in [0.3, 0.4) is 0 Å². The quantitative estimate of drug-likeness (QED) is 0.317. The highest BCUT2D eigenvalue weighted by molar-refractivity contribution is 7.89. The Morgan fingerprint density at radius 1 is 0.867 bits per heavy atom. The molecule has 3 rings (SSSR count). The van der Waals surface area contributed by atoms with E-state index < -0.39 is 64.4 Å². The van der Waals surface area contributed by atoms with E-state index in [-0.39, 0.29) is 42.9 Å². The van der Waals surface area contributed by atoms with E-state index in [0.29, 0.717) is 5.75 Å². The molecule has 1 aliphatic carbocycles. The fraction of sp³-hybridized carbons (Fsp3) is 0.688. The van der Waals surface area contributed by atoms with Crippen LogP contribution in [-0.4, -0.2) is 86.5 Å². The molecule has 2 fully saturated rings. The molecule has 4 amide bonds. The van der Waals surface area contributed by atoms with E-state index in [1.54, 1.807) is 31.4 Å². The summed E-state index contributed by atoms with van der Waals surface area (Å²) in [7, 11) is -2.33. The highest BCUT2D eigenvalue weighted by Crippen LogP contribution is 2.27. The van der Waals surface area contributed by atoms with Crippen molar-refractivity contribution >= 4 is 33.7 Å². The minimum atomic E-state index is -3.88. The number of sulfonamides is 1. The van der Waals surface area contributed by atoms with Crippen LogP contribution < -0.4 is 26.0 Å². The highest BCUT2D eigenvalue weighted by atomic mass is 32.2. The van der Waals surface area contributed by atoms with Crippen molar-refractivity contribution in [2.45, 2.75) is 97.3 Å². The Morgan fingerprint density at radius 2 is 1.49 bits per heavy atom. The van der Waals surface area contributed by atoms with Crippen LogP contribution >= 0.6 is 0 Å². The molecule has 13 heteroatoms. The van der Waals surface area contributed by atoms with Crippen molar-refractivity contribution in [3.8, 4) is 5.75 Å². The van der Waals surface area contributed by atoms with Gasteiger partial charge in [-0.25, -0.2) is 8.42 Å². The second kappa shape index (κ2) is 16.4. The summed E-state index contributed by atoms with van der Waals surface area (Å²) in [4.78, 5) is 53.9. The van der Waals surface area contributed by atoms with Crippen molar-refractivity contribution in [2.24, 2.45) is 17.8 Å². The van der Waals surface area contributed by atoms with E-state index in [1.807, 2.05) is 27.7 Å². The SMILES string of the molecule is COc1ccc(C[C@@H]2NC(=O)[C@H](CC(C)C)NC(=O)CN(S(=O)(=O)CC3CCCC3)C[C@H](C(C)C)NC(=O)[C@@H](C)NC2=O)cc1. The van der Waals surface area contributed by atoms with Gasteiger partial charge in [-0.05, 0) is 61.6 Å². The molecule has 1 saturated carbocycles. The third-order valence-electron chi connectivity index (χ3n) is 8.51. The van der Waals surface area contributed by atoms with Crippen LogP contribution in [-0.2, 0) is 35.6 Å². The predicted molar refractivity (Wildman–Crippen MR) is 172 cm³/mol. The molecule has 0 aromatic heterocycles. The average Bonchev–Trinajstić information content (AvgIpc) is 3.47. The van der Waals surface area contributed by atoms with Gasteiger partial charge in [0.2, 0.25) is 33.7 Å². The van der Waals surface area contributed by atoms with Gasteiger partial charge in [0.15, 0.2) is 0 Å². The molecule has 4 atom stereocenters. The minimum absolute atomic E-state index is 0.00589. The van der Waals surface area contributed by atoms with Gasteiger partial charge in [0, 0.05) is 19.0 Å². The van der Waals surface area contributed by atoms with Crippen LogP contribution in [0.25, 0.3) is 0 Å². The Bertz CT molecular complexity index is 1280. The number of methoxy groups -OCH3 is 1. The number of benzene rings is 1. The molecule has 0 radical (unpaired) electrons. The van der Waals surface area contributed by atoms with Crippen LogP contribution in [0.2, 0.25) is 0 Å². The fourth-order valence-corrected chi connectivity index (χ4v) is 7.61. The standard InChI is InChI=1S/C32H51N5O7S/c1-20(2)15-26-32(41)35-27(16-23-11-13-25(44-6)14-12-23)31(40)33-22(5)30(39)36-28(21(3)4)17-37(18-29(38)34-26)45(42,43)19-24-9-7-8-10-24/h11-14,20-22,24,26-28H,7-10,15-19H2,1-6H3,(H,33,40)(H,34,38)(H,35,41)(H,36,39)/t22-,26+,27+,28-/m1/s1. The topological polar surface area (TPSA) is 163 Å². The molecular weight excluding hydrogens is 598 g/mol.